The Morgan fingerprint density at radius 2 is 1.96 bits per heavy atom. The lowest BCUT2D eigenvalue weighted by atomic mass is 10.2. The van der Waals surface area contributed by atoms with Crippen molar-refractivity contribution in [3.8, 4) is 11.4 Å². The number of H-pyrrole nitrogens is 1. The Bertz CT molecular complexity index is 695. The molecule has 2 aromatic rings. The number of carbonyl (C=O) groups excluding carboxylic acids is 1. The highest BCUT2D eigenvalue weighted by Crippen LogP contribution is 2.14. The third kappa shape index (κ3) is 4.71. The molecule has 1 amide bonds. The zero-order chi connectivity index (χ0) is 16.7. The van der Waals surface area contributed by atoms with E-state index in [2.05, 4.69) is 34.0 Å². The maximum atomic E-state index is 12.2. The van der Waals surface area contributed by atoms with Crippen molar-refractivity contribution in [1.82, 2.24) is 20.2 Å². The van der Waals surface area contributed by atoms with Gasteiger partial charge in [-0.2, -0.15) is 0 Å². The first-order valence-electron chi connectivity index (χ1n) is 7.81. The average molecular weight is 330 g/mol. The second kappa shape index (κ2) is 8.55. The van der Waals surface area contributed by atoms with Gasteiger partial charge in [0.05, 0.1) is 5.56 Å². The Morgan fingerprint density at radius 1 is 1.26 bits per heavy atom. The zero-order valence-electron chi connectivity index (χ0n) is 13.5. The second-order valence-corrected chi connectivity index (χ2v) is 5.53. The Balaban J connectivity index is 2.03. The van der Waals surface area contributed by atoms with Gasteiger partial charge in [-0.25, -0.2) is 4.98 Å². The van der Waals surface area contributed by atoms with Crippen molar-refractivity contribution in [2.75, 3.05) is 26.2 Å². The van der Waals surface area contributed by atoms with E-state index >= 15 is 0 Å². The summed E-state index contributed by atoms with van der Waals surface area (Å²) in [6, 6.07) is 9.69. The summed E-state index contributed by atoms with van der Waals surface area (Å²) in [6.07, 6.45) is 1.54. The Hall–Kier alpha value is -2.05. The van der Waals surface area contributed by atoms with Crippen LogP contribution in [0, 0.1) is 4.64 Å². The van der Waals surface area contributed by atoms with Crippen molar-refractivity contribution in [3.63, 3.8) is 0 Å². The van der Waals surface area contributed by atoms with E-state index in [1.165, 1.54) is 6.20 Å². The first kappa shape index (κ1) is 17.3. The third-order valence-corrected chi connectivity index (χ3v) is 4.02. The third-order valence-electron chi connectivity index (χ3n) is 3.70. The number of benzene rings is 1. The summed E-state index contributed by atoms with van der Waals surface area (Å²) in [4.78, 5) is 21.8. The monoisotopic (exact) mass is 330 g/mol. The number of carbonyl (C=O) groups is 1. The zero-order valence-corrected chi connectivity index (χ0v) is 14.3. The molecule has 0 atom stereocenters. The molecule has 0 unspecified atom stereocenters. The molecule has 0 spiro atoms. The van der Waals surface area contributed by atoms with E-state index in [4.69, 9.17) is 12.2 Å². The number of hydrogen-bond acceptors (Lipinski definition) is 4. The predicted molar refractivity (Wildman–Crippen MR) is 95.0 cm³/mol. The van der Waals surface area contributed by atoms with Gasteiger partial charge in [0.25, 0.3) is 5.91 Å². The first-order valence-corrected chi connectivity index (χ1v) is 8.21. The molecule has 2 N–H and O–H groups in total. The van der Waals surface area contributed by atoms with Crippen LogP contribution >= 0.6 is 12.2 Å². The van der Waals surface area contributed by atoms with Crippen LogP contribution in [0.4, 0.5) is 0 Å². The highest BCUT2D eigenvalue weighted by atomic mass is 32.1. The van der Waals surface area contributed by atoms with Crippen molar-refractivity contribution in [2.45, 2.75) is 13.8 Å². The summed E-state index contributed by atoms with van der Waals surface area (Å²) in [5, 5.41) is 2.89. The minimum atomic E-state index is -0.189. The highest BCUT2D eigenvalue weighted by Gasteiger charge is 2.10. The fourth-order valence-electron chi connectivity index (χ4n) is 2.26. The van der Waals surface area contributed by atoms with Crippen molar-refractivity contribution in [3.05, 3.63) is 46.7 Å². The van der Waals surface area contributed by atoms with Crippen LogP contribution in [-0.2, 0) is 0 Å². The molecule has 0 radical (unpaired) electrons. The average Bonchev–Trinajstić information content (AvgIpc) is 2.59. The molecule has 0 saturated carbocycles. The summed E-state index contributed by atoms with van der Waals surface area (Å²) in [6.45, 7) is 7.57. The normalized spacial score (nSPS) is 10.7. The summed E-state index contributed by atoms with van der Waals surface area (Å²) < 4.78 is 0.402. The molecule has 1 aromatic heterocycles. The van der Waals surface area contributed by atoms with Crippen molar-refractivity contribution in [1.29, 1.82) is 0 Å². The largest absolute Gasteiger partial charge is 0.351 e. The second-order valence-electron chi connectivity index (χ2n) is 5.12. The smallest absolute Gasteiger partial charge is 0.255 e. The maximum absolute atomic E-state index is 12.2. The van der Waals surface area contributed by atoms with Gasteiger partial charge in [-0.15, -0.1) is 0 Å². The molecular weight excluding hydrogens is 308 g/mol. The molecule has 23 heavy (non-hydrogen) atoms. The van der Waals surface area contributed by atoms with Gasteiger partial charge in [0, 0.05) is 24.8 Å². The van der Waals surface area contributed by atoms with E-state index in [1.807, 2.05) is 30.3 Å². The van der Waals surface area contributed by atoms with Gasteiger partial charge >= 0.3 is 0 Å². The number of nitrogens with one attached hydrogen (secondary N) is 2. The van der Waals surface area contributed by atoms with Crippen molar-refractivity contribution >= 4 is 18.1 Å². The molecule has 5 nitrogen and oxygen atoms in total. The van der Waals surface area contributed by atoms with E-state index < -0.39 is 0 Å². The van der Waals surface area contributed by atoms with E-state index in [9.17, 15) is 4.79 Å². The fourth-order valence-corrected chi connectivity index (χ4v) is 2.50. The summed E-state index contributed by atoms with van der Waals surface area (Å²) in [7, 11) is 0. The topological polar surface area (TPSA) is 61.0 Å². The molecule has 1 aromatic carbocycles. The Kier molecular flexibility index (Phi) is 6.43. The van der Waals surface area contributed by atoms with Crippen LogP contribution in [-0.4, -0.2) is 47.0 Å². The molecule has 0 bridgehead atoms. The van der Waals surface area contributed by atoms with Crippen LogP contribution in [0.5, 0.6) is 0 Å². The molecule has 0 aliphatic rings. The van der Waals surface area contributed by atoms with Gasteiger partial charge < -0.3 is 15.2 Å². The Morgan fingerprint density at radius 3 is 2.57 bits per heavy atom. The molecule has 0 aliphatic heterocycles. The van der Waals surface area contributed by atoms with Crippen LogP contribution < -0.4 is 5.32 Å². The van der Waals surface area contributed by atoms with Crippen LogP contribution in [0.2, 0.25) is 0 Å². The molecule has 122 valence electrons. The molecule has 0 fully saturated rings. The molecule has 0 aliphatic carbocycles. The van der Waals surface area contributed by atoms with Gasteiger partial charge in [-0.3, -0.25) is 4.79 Å². The highest BCUT2D eigenvalue weighted by molar-refractivity contribution is 7.71. The minimum absolute atomic E-state index is 0.189. The Labute approximate surface area is 141 Å². The number of aromatic nitrogens is 2. The van der Waals surface area contributed by atoms with Crippen LogP contribution in [0.15, 0.2) is 36.5 Å². The fraction of sp³-hybridized carbons (Fsp3) is 0.353. The van der Waals surface area contributed by atoms with Gasteiger partial charge in [-0.05, 0) is 13.1 Å². The van der Waals surface area contributed by atoms with Crippen molar-refractivity contribution < 1.29 is 4.79 Å². The predicted octanol–water partition coefficient (Wildman–Crippen LogP) is 2.88. The lowest BCUT2D eigenvalue weighted by Crippen LogP contribution is -2.35. The van der Waals surface area contributed by atoms with Gasteiger partial charge in [-0.1, -0.05) is 56.4 Å². The number of aromatic amines is 1. The number of nitrogens with zero attached hydrogens (tertiary/aromatic N) is 2. The van der Waals surface area contributed by atoms with E-state index in [0.717, 1.165) is 25.2 Å². The van der Waals surface area contributed by atoms with Crippen molar-refractivity contribution in [2.24, 2.45) is 0 Å². The molecule has 0 saturated heterocycles. The van der Waals surface area contributed by atoms with Crippen LogP contribution in [0.25, 0.3) is 11.4 Å². The molecule has 6 heteroatoms. The summed E-state index contributed by atoms with van der Waals surface area (Å²) in [5.41, 5.74) is 1.34. The minimum Gasteiger partial charge on any atom is -0.351 e. The van der Waals surface area contributed by atoms with E-state index in [0.29, 0.717) is 22.6 Å². The summed E-state index contributed by atoms with van der Waals surface area (Å²) in [5.74, 6) is 0.473. The molecule has 1 heterocycles. The number of rotatable bonds is 7. The lowest BCUT2D eigenvalue weighted by molar-refractivity contribution is 0.0947. The van der Waals surface area contributed by atoms with Gasteiger partial charge in [0.1, 0.15) is 10.5 Å². The first-order chi connectivity index (χ1) is 11.2. The molecular formula is C17H22N4OS. The van der Waals surface area contributed by atoms with Crippen LogP contribution in [0.1, 0.15) is 24.2 Å². The molecule has 2 rings (SSSR count). The summed E-state index contributed by atoms with van der Waals surface area (Å²) >= 11 is 5.30. The number of likely N-dealkylation sites (N-methyl/N-ethyl adjacent to an activating group) is 1. The van der Waals surface area contributed by atoms with E-state index in [1.54, 1.807) is 0 Å². The van der Waals surface area contributed by atoms with Gasteiger partial charge in [0.15, 0.2) is 0 Å². The standard InChI is InChI=1S/C17H22N4OS/c1-3-21(4-2)11-10-18-16(22)14-12-19-15(20-17(14)23)13-8-6-5-7-9-13/h5-9,12H,3-4,10-11H2,1-2H3,(H,18,22)(H,19,20,23). The number of amides is 1. The lowest BCUT2D eigenvalue weighted by Gasteiger charge is -2.17. The quantitative estimate of drug-likeness (QED) is 0.766. The number of hydrogen-bond donors (Lipinski definition) is 2. The van der Waals surface area contributed by atoms with Gasteiger partial charge in [0.2, 0.25) is 0 Å². The van der Waals surface area contributed by atoms with E-state index in [-0.39, 0.29) is 5.91 Å². The SMILES string of the molecule is CCN(CC)CCNC(=O)c1cnc(-c2ccccc2)[nH]c1=S. The van der Waals surface area contributed by atoms with Crippen LogP contribution in [0.3, 0.4) is 0 Å². The maximum Gasteiger partial charge on any atom is 0.255 e.